The molecule has 0 saturated heterocycles. The second-order valence-electron chi connectivity index (χ2n) is 10.4. The van der Waals surface area contributed by atoms with E-state index in [1.165, 1.54) is 11.5 Å². The lowest BCUT2D eigenvalue weighted by Gasteiger charge is -2.11. The molecule has 4 aromatic carbocycles. The fraction of sp³-hybridized carbons (Fsp3) is 0.0571. The minimum absolute atomic E-state index is 0.0303. The predicted molar refractivity (Wildman–Crippen MR) is 177 cm³/mol. The highest BCUT2D eigenvalue weighted by Crippen LogP contribution is 2.45. The van der Waals surface area contributed by atoms with Crippen molar-refractivity contribution in [2.45, 2.75) is 13.5 Å². The summed E-state index contributed by atoms with van der Waals surface area (Å²) in [5, 5.41) is 36.3. The lowest BCUT2D eigenvalue weighted by molar-refractivity contribution is -0.114. The van der Waals surface area contributed by atoms with Crippen molar-refractivity contribution in [1.29, 1.82) is 0 Å². The van der Waals surface area contributed by atoms with Gasteiger partial charge in [-0.1, -0.05) is 48.5 Å². The van der Waals surface area contributed by atoms with Crippen molar-refractivity contribution in [3.63, 3.8) is 0 Å². The van der Waals surface area contributed by atoms with Gasteiger partial charge in [0.05, 0.1) is 18.7 Å². The number of rotatable bonds is 8. The number of phenols is 1. The Balaban J connectivity index is 1.46. The Morgan fingerprint density at radius 2 is 1.60 bits per heavy atom. The second-order valence-corrected chi connectivity index (χ2v) is 10.4. The van der Waals surface area contributed by atoms with Crippen LogP contribution in [0.1, 0.15) is 22.8 Å². The molecule has 6 rings (SSSR count). The molecule has 12 heteroatoms. The number of nitrogens with one attached hydrogen (secondary N) is 2. The Labute approximate surface area is 268 Å². The van der Waals surface area contributed by atoms with Gasteiger partial charge in [0.15, 0.2) is 11.6 Å². The third-order valence-electron chi connectivity index (χ3n) is 7.23. The molecule has 230 valence electrons. The van der Waals surface area contributed by atoms with Crippen LogP contribution in [-0.2, 0) is 11.4 Å². The number of fused-ring (bicyclic) bond motifs is 1. The maximum atomic E-state index is 13.4. The number of hydrogen-bond acceptors (Lipinski definition) is 8. The average Bonchev–Trinajstić information content (AvgIpc) is 3.46. The minimum Gasteiger partial charge on any atom is -0.505 e. The maximum absolute atomic E-state index is 13.4. The van der Waals surface area contributed by atoms with Crippen molar-refractivity contribution >= 4 is 51.2 Å². The molecule has 0 aliphatic heterocycles. The first-order valence-corrected chi connectivity index (χ1v) is 14.3. The van der Waals surface area contributed by atoms with Gasteiger partial charge in [-0.05, 0) is 52.9 Å². The van der Waals surface area contributed by atoms with Gasteiger partial charge in [-0.25, -0.2) is 14.8 Å². The second kappa shape index (κ2) is 13.1. The zero-order valence-electron chi connectivity index (χ0n) is 24.9. The summed E-state index contributed by atoms with van der Waals surface area (Å²) >= 11 is 0. The molecule has 47 heavy (non-hydrogen) atoms. The zero-order chi connectivity index (χ0) is 32.9. The number of carbonyl (C=O) groups is 2. The lowest BCUT2D eigenvalue weighted by atomic mass is 10.0. The van der Waals surface area contributed by atoms with Crippen molar-refractivity contribution in [3.8, 4) is 22.8 Å². The molecule has 0 saturated carbocycles. The van der Waals surface area contributed by atoms with E-state index in [2.05, 4.69) is 35.7 Å². The van der Waals surface area contributed by atoms with Crippen molar-refractivity contribution in [2.75, 3.05) is 10.6 Å². The lowest BCUT2D eigenvalue weighted by Crippen LogP contribution is -2.12. The first-order valence-electron chi connectivity index (χ1n) is 14.3. The van der Waals surface area contributed by atoms with Crippen molar-refractivity contribution in [2.24, 2.45) is 10.2 Å². The van der Waals surface area contributed by atoms with E-state index in [4.69, 9.17) is 6.57 Å². The average molecular weight is 623 g/mol. The number of aliphatic hydroxyl groups is 1. The summed E-state index contributed by atoms with van der Waals surface area (Å²) in [4.78, 5) is 37.3. The Morgan fingerprint density at radius 3 is 2.28 bits per heavy atom. The smallest absolute Gasteiger partial charge is 0.259 e. The van der Waals surface area contributed by atoms with E-state index in [0.717, 1.165) is 0 Å². The van der Waals surface area contributed by atoms with Crippen LogP contribution in [0.3, 0.4) is 0 Å². The molecule has 0 fully saturated rings. The molecule has 2 heterocycles. The Morgan fingerprint density at radius 1 is 0.915 bits per heavy atom. The molecule has 4 N–H and O–H groups in total. The number of anilines is 2. The van der Waals surface area contributed by atoms with E-state index in [0.29, 0.717) is 38.8 Å². The molecule has 0 unspecified atom stereocenters. The van der Waals surface area contributed by atoms with Crippen LogP contribution in [0.4, 0.5) is 28.6 Å². The van der Waals surface area contributed by atoms with Crippen LogP contribution < -0.4 is 10.6 Å². The van der Waals surface area contributed by atoms with Crippen LogP contribution in [0.25, 0.3) is 32.7 Å². The molecular formula is C35H26N8O4. The molecule has 0 spiro atoms. The van der Waals surface area contributed by atoms with Crippen LogP contribution in [0, 0.1) is 6.57 Å². The zero-order valence-corrected chi connectivity index (χ0v) is 24.9. The molecule has 0 radical (unpaired) electrons. The van der Waals surface area contributed by atoms with Gasteiger partial charge in [0, 0.05) is 47.8 Å². The van der Waals surface area contributed by atoms with Crippen LogP contribution in [0.15, 0.2) is 114 Å². The highest BCUT2D eigenvalue weighted by molar-refractivity contribution is 6.11. The van der Waals surface area contributed by atoms with E-state index >= 15 is 0 Å². The van der Waals surface area contributed by atoms with E-state index < -0.39 is 11.7 Å². The summed E-state index contributed by atoms with van der Waals surface area (Å²) in [7, 11) is 0. The van der Waals surface area contributed by atoms with Gasteiger partial charge in [0.1, 0.15) is 5.69 Å². The topological polar surface area (TPSA) is 158 Å². The summed E-state index contributed by atoms with van der Waals surface area (Å²) < 4.78 is 1.53. The number of aromatic hydroxyl groups is 1. The molecular weight excluding hydrogens is 596 g/mol. The fourth-order valence-electron chi connectivity index (χ4n) is 4.99. The molecule has 0 atom stereocenters. The van der Waals surface area contributed by atoms with Gasteiger partial charge in [-0.3, -0.25) is 14.2 Å². The number of amides is 2. The van der Waals surface area contributed by atoms with Gasteiger partial charge in [-0.15, -0.1) is 10.2 Å². The minimum atomic E-state index is -0.575. The summed E-state index contributed by atoms with van der Waals surface area (Å²) in [5.41, 5.74) is 3.11. The van der Waals surface area contributed by atoms with Crippen molar-refractivity contribution in [1.82, 2.24) is 14.5 Å². The number of azo groups is 1. The van der Waals surface area contributed by atoms with Gasteiger partial charge >= 0.3 is 0 Å². The number of aromatic nitrogens is 3. The number of nitrogens with zero attached hydrogens (tertiary/aromatic N) is 6. The predicted octanol–water partition coefficient (Wildman–Crippen LogP) is 7.46. The van der Waals surface area contributed by atoms with Gasteiger partial charge in [0.2, 0.25) is 17.5 Å². The number of hydrogen-bond donors (Lipinski definition) is 4. The Kier molecular flexibility index (Phi) is 8.46. The number of aliphatic hydroxyl groups excluding tert-OH is 1. The molecule has 6 aromatic rings. The highest BCUT2D eigenvalue weighted by atomic mass is 16.3. The molecule has 12 nitrogen and oxygen atoms in total. The Hall–Kier alpha value is -6.71. The van der Waals surface area contributed by atoms with E-state index in [1.54, 1.807) is 104 Å². The number of benzene rings is 4. The van der Waals surface area contributed by atoms with Crippen molar-refractivity contribution in [3.05, 3.63) is 126 Å². The van der Waals surface area contributed by atoms with Crippen LogP contribution in [-0.4, -0.2) is 36.6 Å². The van der Waals surface area contributed by atoms with E-state index in [-0.39, 0.29) is 41.2 Å². The SMILES string of the molecule is [C-]#[N+]c1c(-c2ccc(NC(C)=O)cc2)cn(-c2ncccn2)c1N=Nc1c(O)c(C(=O)Nc2ccc(CO)cc2)cc2ccccc12. The number of carbonyl (C=O) groups excluding carboxylic acids is 2. The van der Waals surface area contributed by atoms with Gasteiger partial charge in [0.25, 0.3) is 5.91 Å². The Bertz CT molecular complexity index is 2190. The maximum Gasteiger partial charge on any atom is 0.259 e. The fourth-order valence-corrected chi connectivity index (χ4v) is 4.99. The molecule has 2 aromatic heterocycles. The number of phenolic OH excluding ortho intramolecular Hbond substituents is 1. The summed E-state index contributed by atoms with van der Waals surface area (Å²) in [6, 6.07) is 24.0. The molecule has 0 aliphatic rings. The first kappa shape index (κ1) is 30.3. The molecule has 0 bridgehead atoms. The quantitative estimate of drug-likeness (QED) is 0.102. The standard InChI is InChI=1S/C35H26N8O4/c1-21(45)39-25-14-10-23(11-15-25)29-19-43(35-37-16-5-17-38-35)33(31(29)36-2)42-41-30-27-7-4-3-6-24(27)18-28(32(30)46)34(47)40-26-12-8-22(20-44)9-13-26/h3-19,44,46H,20H2,1H3,(H,39,45)(H,40,47). The summed E-state index contributed by atoms with van der Waals surface area (Å²) in [5.74, 6) is -0.835. The summed E-state index contributed by atoms with van der Waals surface area (Å²) in [6.07, 6.45) is 4.79. The van der Waals surface area contributed by atoms with E-state index in [1.807, 2.05) is 0 Å². The normalized spacial score (nSPS) is 11.0. The van der Waals surface area contributed by atoms with Crippen LogP contribution in [0.5, 0.6) is 5.75 Å². The van der Waals surface area contributed by atoms with Crippen LogP contribution >= 0.6 is 0 Å². The van der Waals surface area contributed by atoms with Crippen molar-refractivity contribution < 1.29 is 19.8 Å². The largest absolute Gasteiger partial charge is 0.505 e. The van der Waals surface area contributed by atoms with Crippen LogP contribution in [0.2, 0.25) is 0 Å². The third kappa shape index (κ3) is 6.28. The molecule has 2 amide bonds. The monoisotopic (exact) mass is 622 g/mol. The first-order chi connectivity index (χ1) is 22.9. The third-order valence-corrected chi connectivity index (χ3v) is 7.23. The van der Waals surface area contributed by atoms with Gasteiger partial charge < -0.3 is 20.8 Å². The van der Waals surface area contributed by atoms with Gasteiger partial charge in [-0.2, -0.15) is 0 Å². The van der Waals surface area contributed by atoms with E-state index in [9.17, 15) is 19.8 Å². The highest BCUT2D eigenvalue weighted by Gasteiger charge is 2.22. The summed E-state index contributed by atoms with van der Waals surface area (Å²) in [6.45, 7) is 9.35. The molecule has 0 aliphatic carbocycles.